The van der Waals surface area contributed by atoms with E-state index in [1.54, 1.807) is 37.1 Å². The molecule has 2 aromatic rings. The summed E-state index contributed by atoms with van der Waals surface area (Å²) in [6, 6.07) is 4.99. The molecule has 0 radical (unpaired) electrons. The minimum Gasteiger partial charge on any atom is -0.493 e. The quantitative estimate of drug-likeness (QED) is 0.616. The molecule has 2 rings (SSSR count). The van der Waals surface area contributed by atoms with Gasteiger partial charge in [0.2, 0.25) is 5.13 Å². The number of rotatable bonds is 7. The number of hydrogen-bond acceptors (Lipinski definition) is 7. The van der Waals surface area contributed by atoms with Crippen LogP contribution in [0.4, 0.5) is 5.13 Å². The Morgan fingerprint density at radius 2 is 2.05 bits per heavy atom. The van der Waals surface area contributed by atoms with E-state index in [1.165, 1.54) is 18.4 Å². The molecule has 0 fully saturated rings. The highest BCUT2D eigenvalue weighted by Gasteiger charge is 2.13. The molecule has 0 atom stereocenters. The lowest BCUT2D eigenvalue weighted by atomic mass is 10.2. The van der Waals surface area contributed by atoms with E-state index in [-0.39, 0.29) is 5.91 Å². The largest absolute Gasteiger partial charge is 0.493 e. The van der Waals surface area contributed by atoms with E-state index in [1.807, 2.05) is 0 Å². The fourth-order valence-electron chi connectivity index (χ4n) is 1.65. The highest BCUT2D eigenvalue weighted by Crippen LogP contribution is 2.29. The van der Waals surface area contributed by atoms with Gasteiger partial charge < -0.3 is 9.47 Å². The van der Waals surface area contributed by atoms with Crippen LogP contribution in [-0.2, 0) is 0 Å². The summed E-state index contributed by atoms with van der Waals surface area (Å²) in [5.41, 5.74) is 0.468. The van der Waals surface area contributed by atoms with Crippen LogP contribution in [0.3, 0.4) is 0 Å². The first kappa shape index (κ1) is 16.6. The van der Waals surface area contributed by atoms with Gasteiger partial charge in [-0.05, 0) is 24.6 Å². The zero-order chi connectivity index (χ0) is 15.9. The molecule has 6 nitrogen and oxygen atoms in total. The molecule has 0 saturated heterocycles. The van der Waals surface area contributed by atoms with Gasteiger partial charge in [-0.1, -0.05) is 30.0 Å². The monoisotopic (exact) mass is 339 g/mol. The molecule has 1 heterocycles. The average molecular weight is 339 g/mol. The molecule has 0 aliphatic heterocycles. The SMILES string of the molecule is CCCSc1nnc(NC(=O)c2ccc(OC)c(OC)c2)s1. The average Bonchev–Trinajstić information content (AvgIpc) is 2.99. The topological polar surface area (TPSA) is 73.3 Å². The number of hydrogen-bond donors (Lipinski definition) is 1. The number of thioether (sulfide) groups is 1. The summed E-state index contributed by atoms with van der Waals surface area (Å²) in [5.74, 6) is 1.81. The van der Waals surface area contributed by atoms with Crippen LogP contribution in [0.2, 0.25) is 0 Å². The van der Waals surface area contributed by atoms with E-state index >= 15 is 0 Å². The lowest BCUT2D eigenvalue weighted by molar-refractivity contribution is 0.102. The minimum absolute atomic E-state index is 0.260. The predicted octanol–water partition coefficient (Wildman–Crippen LogP) is 3.31. The number of anilines is 1. The Bertz CT molecular complexity index is 646. The molecule has 0 bridgehead atoms. The van der Waals surface area contributed by atoms with Gasteiger partial charge in [0.05, 0.1) is 14.2 Å². The van der Waals surface area contributed by atoms with Crippen LogP contribution in [0.25, 0.3) is 0 Å². The maximum absolute atomic E-state index is 12.2. The van der Waals surface area contributed by atoms with Crippen LogP contribution in [0, 0.1) is 0 Å². The highest BCUT2D eigenvalue weighted by atomic mass is 32.2. The molecule has 22 heavy (non-hydrogen) atoms. The molecule has 0 aliphatic rings. The maximum Gasteiger partial charge on any atom is 0.257 e. The van der Waals surface area contributed by atoms with Gasteiger partial charge in [-0.3, -0.25) is 10.1 Å². The van der Waals surface area contributed by atoms with Crippen LogP contribution >= 0.6 is 23.1 Å². The Hall–Kier alpha value is -1.80. The van der Waals surface area contributed by atoms with E-state index in [0.29, 0.717) is 22.2 Å². The number of methoxy groups -OCH3 is 2. The van der Waals surface area contributed by atoms with Gasteiger partial charge in [0, 0.05) is 11.3 Å². The van der Waals surface area contributed by atoms with Crippen LogP contribution in [-0.4, -0.2) is 36.1 Å². The Labute approximate surface area is 137 Å². The van der Waals surface area contributed by atoms with E-state index in [2.05, 4.69) is 22.4 Å². The molecule has 118 valence electrons. The number of nitrogens with one attached hydrogen (secondary N) is 1. The van der Waals surface area contributed by atoms with Crippen molar-refractivity contribution in [3.8, 4) is 11.5 Å². The van der Waals surface area contributed by atoms with Crippen molar-refractivity contribution in [2.75, 3.05) is 25.3 Å². The summed E-state index contributed by atoms with van der Waals surface area (Å²) >= 11 is 3.00. The molecule has 0 saturated carbocycles. The summed E-state index contributed by atoms with van der Waals surface area (Å²) in [6.45, 7) is 2.10. The second-order valence-corrected chi connectivity index (χ2v) is 6.57. The van der Waals surface area contributed by atoms with E-state index < -0.39 is 0 Å². The molecule has 8 heteroatoms. The normalized spacial score (nSPS) is 10.3. The Morgan fingerprint density at radius 1 is 1.27 bits per heavy atom. The van der Waals surface area contributed by atoms with E-state index in [4.69, 9.17) is 9.47 Å². The van der Waals surface area contributed by atoms with Gasteiger partial charge in [0.15, 0.2) is 15.8 Å². The molecule has 1 aromatic carbocycles. The van der Waals surface area contributed by atoms with Gasteiger partial charge in [-0.15, -0.1) is 10.2 Å². The van der Waals surface area contributed by atoms with E-state index in [9.17, 15) is 4.79 Å². The molecular weight excluding hydrogens is 322 g/mol. The standard InChI is InChI=1S/C14H17N3O3S2/c1-4-7-21-14-17-16-13(22-14)15-12(18)9-5-6-10(19-2)11(8-9)20-3/h5-6,8H,4,7H2,1-3H3,(H,15,16,18). The molecule has 0 unspecified atom stereocenters. The summed E-state index contributed by atoms with van der Waals surface area (Å²) in [5, 5.41) is 11.2. The number of carbonyl (C=O) groups excluding carboxylic acids is 1. The maximum atomic E-state index is 12.2. The number of ether oxygens (including phenoxy) is 2. The van der Waals surface area contributed by atoms with Gasteiger partial charge in [0.25, 0.3) is 5.91 Å². The van der Waals surface area contributed by atoms with Crippen molar-refractivity contribution in [2.45, 2.75) is 17.7 Å². The van der Waals surface area contributed by atoms with Crippen molar-refractivity contribution in [1.29, 1.82) is 0 Å². The Morgan fingerprint density at radius 3 is 2.73 bits per heavy atom. The molecule has 1 amide bonds. The zero-order valence-electron chi connectivity index (χ0n) is 12.6. The number of amides is 1. The Kier molecular flexibility index (Phi) is 6.02. The second-order valence-electron chi connectivity index (χ2n) is 4.25. The van der Waals surface area contributed by atoms with Crippen molar-refractivity contribution in [3.05, 3.63) is 23.8 Å². The summed E-state index contributed by atoms with van der Waals surface area (Å²) in [7, 11) is 3.08. The van der Waals surface area contributed by atoms with Gasteiger partial charge in [0.1, 0.15) is 0 Å². The van der Waals surface area contributed by atoms with Crippen LogP contribution in [0.15, 0.2) is 22.5 Å². The zero-order valence-corrected chi connectivity index (χ0v) is 14.2. The fraction of sp³-hybridized carbons (Fsp3) is 0.357. The first-order valence-electron chi connectivity index (χ1n) is 6.67. The Balaban J connectivity index is 2.07. The minimum atomic E-state index is -0.260. The van der Waals surface area contributed by atoms with Crippen molar-refractivity contribution in [3.63, 3.8) is 0 Å². The molecular formula is C14H17N3O3S2. The summed E-state index contributed by atoms with van der Waals surface area (Å²) < 4.78 is 11.2. The van der Waals surface area contributed by atoms with Crippen molar-refractivity contribution in [1.82, 2.24) is 10.2 Å². The van der Waals surface area contributed by atoms with Crippen molar-refractivity contribution in [2.24, 2.45) is 0 Å². The molecule has 0 spiro atoms. The van der Waals surface area contributed by atoms with Crippen LogP contribution in [0.5, 0.6) is 11.5 Å². The van der Waals surface area contributed by atoms with Crippen molar-refractivity contribution < 1.29 is 14.3 Å². The second kappa shape index (κ2) is 8.00. The molecule has 1 aromatic heterocycles. The lowest BCUT2D eigenvalue weighted by Crippen LogP contribution is -2.11. The third-order valence-corrected chi connectivity index (χ3v) is 4.88. The summed E-state index contributed by atoms with van der Waals surface area (Å²) in [4.78, 5) is 12.2. The molecule has 0 aliphatic carbocycles. The van der Waals surface area contributed by atoms with Crippen LogP contribution in [0.1, 0.15) is 23.7 Å². The first-order chi connectivity index (χ1) is 10.7. The number of nitrogens with zero attached hydrogens (tertiary/aromatic N) is 2. The number of aromatic nitrogens is 2. The third kappa shape index (κ3) is 4.11. The molecule has 1 N–H and O–H groups in total. The fourth-order valence-corrected chi connectivity index (χ4v) is 3.33. The predicted molar refractivity (Wildman–Crippen MR) is 88.4 cm³/mol. The summed E-state index contributed by atoms with van der Waals surface area (Å²) in [6.07, 6.45) is 1.07. The third-order valence-electron chi connectivity index (χ3n) is 2.70. The highest BCUT2D eigenvalue weighted by molar-refractivity contribution is 8.01. The van der Waals surface area contributed by atoms with Crippen LogP contribution < -0.4 is 14.8 Å². The lowest BCUT2D eigenvalue weighted by Gasteiger charge is -2.08. The van der Waals surface area contributed by atoms with Gasteiger partial charge in [-0.25, -0.2) is 0 Å². The van der Waals surface area contributed by atoms with Crippen molar-refractivity contribution >= 4 is 34.1 Å². The van der Waals surface area contributed by atoms with Gasteiger partial charge in [-0.2, -0.15) is 0 Å². The number of benzene rings is 1. The number of carbonyl (C=O) groups is 1. The van der Waals surface area contributed by atoms with E-state index in [0.717, 1.165) is 16.5 Å². The smallest absolute Gasteiger partial charge is 0.257 e. The first-order valence-corrected chi connectivity index (χ1v) is 8.47. The van der Waals surface area contributed by atoms with Gasteiger partial charge >= 0.3 is 0 Å².